The van der Waals surface area contributed by atoms with E-state index in [1.165, 1.54) is 0 Å². The topological polar surface area (TPSA) is 80.1 Å². The van der Waals surface area contributed by atoms with Gasteiger partial charge >= 0.3 is 0 Å². The van der Waals surface area contributed by atoms with Crippen molar-refractivity contribution in [3.8, 4) is 45.6 Å². The fourth-order valence-electron chi connectivity index (χ4n) is 7.30. The van der Waals surface area contributed by atoms with Crippen molar-refractivity contribution in [3.63, 3.8) is 0 Å². The highest BCUT2D eigenvalue weighted by Gasteiger charge is 2.31. The molecule has 0 saturated carbocycles. The molecule has 0 aliphatic heterocycles. The van der Waals surface area contributed by atoms with Gasteiger partial charge in [-0.15, -0.1) is 0 Å². The van der Waals surface area contributed by atoms with Crippen molar-refractivity contribution in [2.24, 2.45) is 9.98 Å². The van der Waals surface area contributed by atoms with E-state index in [4.69, 9.17) is 38.4 Å². The molecule has 4 aromatic rings. The molecule has 0 heterocycles. The second-order valence-electron chi connectivity index (χ2n) is 13.2. The summed E-state index contributed by atoms with van der Waals surface area (Å²) in [5.74, 6) is 4.38. The van der Waals surface area contributed by atoms with Crippen LogP contribution in [-0.2, 0) is 0 Å². The lowest BCUT2D eigenvalue weighted by Gasteiger charge is -2.27. The van der Waals surface area contributed by atoms with Gasteiger partial charge in [0, 0.05) is 69.7 Å². The predicted octanol–water partition coefficient (Wildman–Crippen LogP) is 10.2. The Hall–Kier alpha value is -4.46. The average molecular weight is 685 g/mol. The van der Waals surface area contributed by atoms with Gasteiger partial charge in [-0.2, -0.15) is 0 Å². The van der Waals surface area contributed by atoms with Crippen LogP contribution in [0.5, 0.6) is 34.5 Å². The van der Waals surface area contributed by atoms with Crippen LogP contribution in [0.2, 0.25) is 0 Å². The minimum Gasteiger partial charge on any atom is -0.495 e. The normalized spacial score (nSPS) is 11.9. The fourth-order valence-corrected chi connectivity index (χ4v) is 7.30. The number of aryl methyl sites for hydroxylation is 2. The smallest absolute Gasteiger partial charge is 0.170 e. The third-order valence-corrected chi connectivity index (χ3v) is 9.24. The lowest BCUT2D eigenvalue weighted by molar-refractivity contribution is 0.351. The molecule has 0 bridgehead atoms. The van der Waals surface area contributed by atoms with E-state index in [1.807, 2.05) is 12.4 Å². The van der Waals surface area contributed by atoms with Gasteiger partial charge in [0.2, 0.25) is 0 Å². The van der Waals surface area contributed by atoms with E-state index in [-0.39, 0.29) is 11.8 Å². The highest BCUT2D eigenvalue weighted by molar-refractivity contribution is 6.15. The Morgan fingerprint density at radius 3 is 1.10 bits per heavy atom. The Balaban J connectivity index is 2.37. The monoisotopic (exact) mass is 684 g/mol. The largest absolute Gasteiger partial charge is 0.495 e. The van der Waals surface area contributed by atoms with E-state index in [1.54, 1.807) is 42.7 Å². The van der Waals surface area contributed by atoms with Crippen LogP contribution in [0.3, 0.4) is 0 Å². The maximum absolute atomic E-state index is 6.48. The number of hydrogen-bond acceptors (Lipinski definition) is 8. The molecule has 0 aliphatic rings. The van der Waals surface area contributed by atoms with Gasteiger partial charge in [-0.25, -0.2) is 0 Å². The summed E-state index contributed by atoms with van der Waals surface area (Å²) in [5.41, 5.74) is 7.66. The van der Waals surface area contributed by atoms with Crippen LogP contribution in [-0.4, -0.2) is 68.2 Å². The molecule has 0 spiro atoms. The molecule has 0 amide bonds. The molecule has 0 N–H and O–H groups in total. The molecule has 4 aromatic carbocycles. The first kappa shape index (κ1) is 38.3. The molecule has 50 heavy (non-hydrogen) atoms. The minimum absolute atomic E-state index is 0.136. The van der Waals surface area contributed by atoms with Gasteiger partial charge in [-0.05, 0) is 60.4 Å². The van der Waals surface area contributed by atoms with Crippen LogP contribution in [0.15, 0.2) is 22.1 Å². The molecule has 270 valence electrons. The zero-order valence-electron chi connectivity index (χ0n) is 32.6. The number of rotatable bonds is 15. The van der Waals surface area contributed by atoms with Crippen molar-refractivity contribution >= 4 is 34.0 Å². The van der Waals surface area contributed by atoms with Gasteiger partial charge in [0.05, 0.1) is 42.7 Å². The summed E-state index contributed by atoms with van der Waals surface area (Å²) in [6.45, 7) is 18.5. The van der Waals surface area contributed by atoms with Gasteiger partial charge in [0.25, 0.3) is 0 Å². The fraction of sp³-hybridized carbons (Fsp3) is 0.476. The zero-order chi connectivity index (χ0) is 36.9. The van der Waals surface area contributed by atoms with Crippen molar-refractivity contribution in [3.05, 3.63) is 45.5 Å². The molecular formula is C42H56N2O6. The van der Waals surface area contributed by atoms with Crippen LogP contribution in [0.25, 0.3) is 32.7 Å². The van der Waals surface area contributed by atoms with Gasteiger partial charge < -0.3 is 28.4 Å². The number of benzene rings is 4. The minimum atomic E-state index is 0.136. The Labute approximate surface area is 298 Å². The highest BCUT2D eigenvalue weighted by atomic mass is 16.5. The second-order valence-corrected chi connectivity index (χ2v) is 13.2. The number of nitrogens with zero attached hydrogens (tertiary/aromatic N) is 2. The van der Waals surface area contributed by atoms with Crippen molar-refractivity contribution in [1.82, 2.24) is 0 Å². The van der Waals surface area contributed by atoms with E-state index in [0.717, 1.165) is 78.9 Å². The molecule has 0 aromatic heterocycles. The summed E-state index contributed by atoms with van der Waals surface area (Å²) >= 11 is 0. The standard InChI is InChI=1S/C42H56N2O6/c1-15-17-43-21-29-35-27(31(23(3)4)41(49-13)37(29)45-9)19-25(7)33(39(35)47-11)34-26(8)20-28-32(24(5)6)42(50-14)38(46-10)30(22-44-18-16-2)36(28)40(34)48-12/h19-24H,15-18H2,1-14H3. The van der Waals surface area contributed by atoms with Crippen LogP contribution in [0.4, 0.5) is 0 Å². The molecular weight excluding hydrogens is 628 g/mol. The SMILES string of the molecule is CCCN=Cc1c(OC)c(OC)c(C(C)C)c2cc(C)c(-c3c(C)cc4c(C(C)C)c(OC)c(OC)c(C=NCCC)c4c3OC)c(OC)c12. The summed E-state index contributed by atoms with van der Waals surface area (Å²) in [6, 6.07) is 4.48. The molecule has 0 unspecified atom stereocenters. The van der Waals surface area contributed by atoms with E-state index < -0.39 is 0 Å². The first-order valence-electron chi connectivity index (χ1n) is 17.6. The number of ether oxygens (including phenoxy) is 6. The average Bonchev–Trinajstić information content (AvgIpc) is 3.09. The van der Waals surface area contributed by atoms with Crippen LogP contribution < -0.4 is 28.4 Å². The second kappa shape index (κ2) is 16.5. The third kappa shape index (κ3) is 6.57. The van der Waals surface area contributed by atoms with Crippen molar-refractivity contribution in [1.29, 1.82) is 0 Å². The first-order valence-corrected chi connectivity index (χ1v) is 17.6. The summed E-state index contributed by atoms with van der Waals surface area (Å²) in [4.78, 5) is 9.58. The lowest BCUT2D eigenvalue weighted by atomic mass is 9.83. The first-order chi connectivity index (χ1) is 24.0. The quantitative estimate of drug-likeness (QED) is 0.116. The Morgan fingerprint density at radius 2 is 0.840 bits per heavy atom. The summed E-state index contributed by atoms with van der Waals surface area (Å²) < 4.78 is 37.3. The highest BCUT2D eigenvalue weighted by Crippen LogP contribution is 2.55. The van der Waals surface area contributed by atoms with E-state index in [9.17, 15) is 0 Å². The molecule has 0 aliphatic carbocycles. The van der Waals surface area contributed by atoms with Gasteiger partial charge in [0.15, 0.2) is 23.0 Å². The zero-order valence-corrected chi connectivity index (χ0v) is 32.6. The van der Waals surface area contributed by atoms with Gasteiger partial charge in [-0.1, -0.05) is 53.7 Å². The lowest BCUT2D eigenvalue weighted by Crippen LogP contribution is -2.08. The van der Waals surface area contributed by atoms with Crippen LogP contribution in [0, 0.1) is 13.8 Å². The van der Waals surface area contributed by atoms with E-state index in [2.05, 4.69) is 67.5 Å². The van der Waals surface area contributed by atoms with E-state index in [0.29, 0.717) is 47.6 Å². The summed E-state index contributed by atoms with van der Waals surface area (Å²) in [7, 11) is 10.2. The molecule has 0 fully saturated rings. The van der Waals surface area contributed by atoms with Gasteiger partial charge in [0.1, 0.15) is 11.5 Å². The molecule has 0 atom stereocenters. The Kier molecular flexibility index (Phi) is 12.7. The number of aliphatic imine (C=N–C) groups is 2. The van der Waals surface area contributed by atoms with Gasteiger partial charge in [-0.3, -0.25) is 9.98 Å². The van der Waals surface area contributed by atoms with Crippen molar-refractivity contribution < 1.29 is 28.4 Å². The van der Waals surface area contributed by atoms with Crippen LogP contribution >= 0.6 is 0 Å². The van der Waals surface area contributed by atoms with E-state index >= 15 is 0 Å². The molecule has 8 nitrogen and oxygen atoms in total. The summed E-state index contributed by atoms with van der Waals surface area (Å²) in [6.07, 6.45) is 5.64. The number of hydrogen-bond donors (Lipinski definition) is 0. The maximum atomic E-state index is 6.48. The number of fused-ring (bicyclic) bond motifs is 2. The molecule has 0 saturated heterocycles. The maximum Gasteiger partial charge on any atom is 0.170 e. The molecule has 8 heteroatoms. The van der Waals surface area contributed by atoms with Crippen molar-refractivity contribution in [2.75, 3.05) is 55.7 Å². The summed E-state index contributed by atoms with van der Waals surface area (Å²) in [5, 5.41) is 3.89. The van der Waals surface area contributed by atoms with Crippen LogP contribution in [0.1, 0.15) is 99.6 Å². The molecule has 0 radical (unpaired) electrons. The Bertz CT molecular complexity index is 1780. The Morgan fingerprint density at radius 1 is 0.520 bits per heavy atom. The van der Waals surface area contributed by atoms with Crippen molar-refractivity contribution in [2.45, 2.75) is 80.1 Å². The molecule has 4 rings (SSSR count). The predicted molar refractivity (Wildman–Crippen MR) is 209 cm³/mol. The third-order valence-electron chi connectivity index (χ3n) is 9.24. The number of methoxy groups -OCH3 is 6.